The lowest BCUT2D eigenvalue weighted by molar-refractivity contribution is -0.138. The molecule has 0 aliphatic carbocycles. The van der Waals surface area contributed by atoms with E-state index in [9.17, 15) is 41.1 Å². The third-order valence-corrected chi connectivity index (χ3v) is 8.22. The zero-order valence-corrected chi connectivity index (χ0v) is 24.8. The van der Waals surface area contributed by atoms with Crippen molar-refractivity contribution < 1.29 is 41.1 Å². The third-order valence-electron chi connectivity index (χ3n) is 8.22. The van der Waals surface area contributed by atoms with E-state index in [0.29, 0.717) is 71.2 Å². The van der Waals surface area contributed by atoms with Gasteiger partial charge < -0.3 is 15.0 Å². The highest BCUT2D eigenvalue weighted by Gasteiger charge is 2.31. The summed E-state index contributed by atoms with van der Waals surface area (Å²) in [6.07, 6.45) is -8.04. The molecule has 0 unspecified atom stereocenters. The molecule has 45 heavy (non-hydrogen) atoms. The van der Waals surface area contributed by atoms with E-state index < -0.39 is 23.5 Å². The van der Waals surface area contributed by atoms with Crippen LogP contribution < -0.4 is 0 Å². The van der Waals surface area contributed by atoms with Crippen molar-refractivity contribution in [2.24, 2.45) is 5.16 Å². The van der Waals surface area contributed by atoms with Gasteiger partial charge in [-0.25, -0.2) is 0 Å². The van der Waals surface area contributed by atoms with E-state index in [4.69, 9.17) is 0 Å². The average Bonchev–Trinajstić information content (AvgIpc) is 3.01. The van der Waals surface area contributed by atoms with Crippen molar-refractivity contribution in [3.05, 3.63) is 70.8 Å². The number of carbonyl (C=O) groups is 2. The highest BCUT2D eigenvalue weighted by atomic mass is 19.4. The molecule has 2 aliphatic rings. The molecule has 4 rings (SSSR count). The number of piperazine rings is 2. The summed E-state index contributed by atoms with van der Waals surface area (Å²) in [6, 6.07) is 10.1. The van der Waals surface area contributed by atoms with E-state index in [-0.39, 0.29) is 37.5 Å². The SMILES string of the molecule is O=C(CCC(CCC(=O)N1CCN(Cc2ccc(C(F)(F)F)cc2)CC1)=NO)N1CCN(Cc2ccc(C(F)(F)F)cc2)CC1. The molecule has 0 spiro atoms. The quantitative estimate of drug-likeness (QED) is 0.169. The lowest BCUT2D eigenvalue weighted by Crippen LogP contribution is -2.48. The Morgan fingerprint density at radius 2 is 0.911 bits per heavy atom. The maximum atomic E-state index is 12.8. The van der Waals surface area contributed by atoms with Gasteiger partial charge in [0.15, 0.2) is 0 Å². The Morgan fingerprint density at radius 1 is 0.578 bits per heavy atom. The van der Waals surface area contributed by atoms with E-state index >= 15 is 0 Å². The summed E-state index contributed by atoms with van der Waals surface area (Å²) in [5.74, 6) is -0.193. The Bertz CT molecular complexity index is 1200. The van der Waals surface area contributed by atoms with E-state index in [2.05, 4.69) is 15.0 Å². The van der Waals surface area contributed by atoms with Gasteiger partial charge in [0.25, 0.3) is 0 Å². The molecule has 1 N–H and O–H groups in total. The van der Waals surface area contributed by atoms with Crippen molar-refractivity contribution in [2.75, 3.05) is 52.4 Å². The van der Waals surface area contributed by atoms with Crippen molar-refractivity contribution in [1.29, 1.82) is 0 Å². The van der Waals surface area contributed by atoms with Crippen LogP contribution in [0.5, 0.6) is 0 Å². The van der Waals surface area contributed by atoms with Crippen molar-refractivity contribution in [3.8, 4) is 0 Å². The average molecular weight is 642 g/mol. The molecule has 2 aromatic carbocycles. The standard InChI is InChI=1S/C31H37F6N5O3/c32-30(33,34)25-5-1-23(2-6-25)21-39-13-17-41(18-14-39)28(43)11-9-27(38-45)10-12-29(44)42-19-15-40(16-20-42)22-24-3-7-26(8-4-24)31(35,36)37/h1-8,45H,9-22H2. The van der Waals surface area contributed by atoms with Crippen molar-refractivity contribution in [2.45, 2.75) is 51.1 Å². The number of carbonyl (C=O) groups excluding carboxylic acids is 2. The second-order valence-electron chi connectivity index (χ2n) is 11.4. The zero-order chi connectivity index (χ0) is 32.6. The van der Waals surface area contributed by atoms with Crippen molar-refractivity contribution >= 4 is 17.5 Å². The number of halogens is 6. The summed E-state index contributed by atoms with van der Waals surface area (Å²) in [6.45, 7) is 5.23. The van der Waals surface area contributed by atoms with Gasteiger partial charge in [0.05, 0.1) is 16.8 Å². The van der Waals surface area contributed by atoms with Gasteiger partial charge in [-0.2, -0.15) is 26.3 Å². The molecule has 14 heteroatoms. The van der Waals surface area contributed by atoms with Gasteiger partial charge in [0.1, 0.15) is 0 Å². The molecule has 2 aliphatic heterocycles. The van der Waals surface area contributed by atoms with Crippen LogP contribution in [0, 0.1) is 0 Å². The van der Waals surface area contributed by atoms with Crippen LogP contribution in [0.25, 0.3) is 0 Å². The van der Waals surface area contributed by atoms with Crippen LogP contribution in [0.1, 0.15) is 47.9 Å². The molecular weight excluding hydrogens is 604 g/mol. The zero-order valence-electron chi connectivity index (χ0n) is 24.8. The van der Waals surface area contributed by atoms with Gasteiger partial charge in [-0.05, 0) is 48.2 Å². The van der Waals surface area contributed by atoms with Crippen LogP contribution >= 0.6 is 0 Å². The van der Waals surface area contributed by atoms with Gasteiger partial charge in [0, 0.05) is 78.3 Å². The van der Waals surface area contributed by atoms with E-state index in [1.165, 1.54) is 24.3 Å². The minimum atomic E-state index is -4.37. The molecule has 2 saturated heterocycles. The van der Waals surface area contributed by atoms with Crippen LogP contribution in [0.4, 0.5) is 26.3 Å². The molecule has 2 amide bonds. The molecule has 0 saturated carbocycles. The van der Waals surface area contributed by atoms with Gasteiger partial charge in [-0.1, -0.05) is 29.4 Å². The number of benzene rings is 2. The lowest BCUT2D eigenvalue weighted by Gasteiger charge is -2.35. The van der Waals surface area contributed by atoms with Crippen LogP contribution in [-0.2, 0) is 35.0 Å². The van der Waals surface area contributed by atoms with Gasteiger partial charge in [-0.15, -0.1) is 0 Å². The Hall–Kier alpha value is -3.65. The summed E-state index contributed by atoms with van der Waals surface area (Å²) >= 11 is 0. The number of alkyl halides is 6. The summed E-state index contributed by atoms with van der Waals surface area (Å²) in [7, 11) is 0. The Labute approximate surface area is 257 Å². The number of hydrogen-bond donors (Lipinski definition) is 1. The van der Waals surface area contributed by atoms with Crippen LogP contribution in [0.2, 0.25) is 0 Å². The molecule has 2 fully saturated rings. The maximum absolute atomic E-state index is 12.8. The van der Waals surface area contributed by atoms with Crippen LogP contribution in [0.15, 0.2) is 53.7 Å². The third kappa shape index (κ3) is 10.2. The van der Waals surface area contributed by atoms with Gasteiger partial charge >= 0.3 is 12.4 Å². The second kappa shape index (κ2) is 15.1. The largest absolute Gasteiger partial charge is 0.416 e. The lowest BCUT2D eigenvalue weighted by atomic mass is 10.1. The molecule has 0 radical (unpaired) electrons. The highest BCUT2D eigenvalue weighted by Crippen LogP contribution is 2.30. The maximum Gasteiger partial charge on any atom is 0.416 e. The van der Waals surface area contributed by atoms with E-state index in [1.807, 2.05) is 0 Å². The van der Waals surface area contributed by atoms with Crippen LogP contribution in [0.3, 0.4) is 0 Å². The first-order valence-electron chi connectivity index (χ1n) is 14.8. The van der Waals surface area contributed by atoms with Crippen molar-refractivity contribution in [3.63, 3.8) is 0 Å². The molecule has 246 valence electrons. The predicted octanol–water partition coefficient (Wildman–Crippen LogP) is 5.10. The molecule has 0 atom stereocenters. The number of oxime groups is 1. The normalized spacial score (nSPS) is 16.9. The number of hydrogen-bond acceptors (Lipinski definition) is 6. The molecule has 0 bridgehead atoms. The minimum Gasteiger partial charge on any atom is -0.411 e. The minimum absolute atomic E-state index is 0.0965. The Balaban J connectivity index is 1.11. The van der Waals surface area contributed by atoms with Crippen molar-refractivity contribution in [1.82, 2.24) is 19.6 Å². The summed E-state index contributed by atoms with van der Waals surface area (Å²) in [4.78, 5) is 33.1. The number of amides is 2. The molecule has 2 aromatic rings. The predicted molar refractivity (Wildman–Crippen MR) is 154 cm³/mol. The summed E-state index contributed by atoms with van der Waals surface area (Å²) in [5.41, 5.74) is 0.514. The second-order valence-corrected chi connectivity index (χ2v) is 11.4. The van der Waals surface area contributed by atoms with E-state index in [1.54, 1.807) is 9.80 Å². The fourth-order valence-corrected chi connectivity index (χ4v) is 5.47. The van der Waals surface area contributed by atoms with E-state index in [0.717, 1.165) is 35.4 Å². The first-order valence-corrected chi connectivity index (χ1v) is 14.8. The first-order chi connectivity index (χ1) is 21.3. The molecule has 0 aromatic heterocycles. The van der Waals surface area contributed by atoms with Gasteiger partial charge in [0.2, 0.25) is 11.8 Å². The molecule has 8 nitrogen and oxygen atoms in total. The summed E-state index contributed by atoms with van der Waals surface area (Å²) < 4.78 is 76.7. The number of rotatable bonds is 10. The fourth-order valence-electron chi connectivity index (χ4n) is 5.47. The fraction of sp³-hybridized carbons (Fsp3) is 0.516. The monoisotopic (exact) mass is 641 g/mol. The highest BCUT2D eigenvalue weighted by molar-refractivity contribution is 5.91. The summed E-state index contributed by atoms with van der Waals surface area (Å²) in [5, 5.41) is 12.7. The van der Waals surface area contributed by atoms with Gasteiger partial charge in [-0.3, -0.25) is 19.4 Å². The number of nitrogens with zero attached hydrogens (tertiary/aromatic N) is 5. The smallest absolute Gasteiger partial charge is 0.411 e. The van der Waals surface area contributed by atoms with Crippen LogP contribution in [-0.4, -0.2) is 94.7 Å². The molecule has 2 heterocycles. The molecular formula is C31H37F6N5O3. The first kappa shape index (κ1) is 34.2. The Morgan fingerprint density at radius 3 is 1.20 bits per heavy atom. The Kier molecular flexibility index (Phi) is 11.5. The topological polar surface area (TPSA) is 79.7 Å².